The number of nitrogens with one attached hydrogen (secondary N) is 1. The largest absolute Gasteiger partial charge is 0.463 e. The third kappa shape index (κ3) is 2.57. The van der Waals surface area contributed by atoms with E-state index in [4.69, 9.17) is 9.15 Å². The lowest BCUT2D eigenvalue weighted by molar-refractivity contribution is 0.0562. The fraction of sp³-hybridized carbons (Fsp3) is 0.286. The number of furan rings is 1. The fourth-order valence-corrected chi connectivity index (χ4v) is 3.00. The Labute approximate surface area is 130 Å². The molecule has 22 heavy (non-hydrogen) atoms. The first-order chi connectivity index (χ1) is 10.6. The Hall–Kier alpha value is -2.35. The molecular formula is C14H14N4O3S. The molecule has 8 heteroatoms. The van der Waals surface area contributed by atoms with E-state index in [1.54, 1.807) is 6.33 Å². The number of nitrogens with zero attached hydrogens (tertiary/aromatic N) is 3. The number of methoxy groups -OCH3 is 1. The number of aromatic nitrogens is 4. The highest BCUT2D eigenvalue weighted by atomic mass is 32.2. The molecule has 0 spiro atoms. The van der Waals surface area contributed by atoms with E-state index < -0.39 is 5.97 Å². The van der Waals surface area contributed by atoms with Gasteiger partial charge in [-0.1, -0.05) is 11.8 Å². The van der Waals surface area contributed by atoms with Gasteiger partial charge in [-0.25, -0.2) is 19.7 Å². The summed E-state index contributed by atoms with van der Waals surface area (Å²) < 4.78 is 10.3. The zero-order valence-electron chi connectivity index (χ0n) is 12.3. The van der Waals surface area contributed by atoms with E-state index in [9.17, 15) is 4.79 Å². The van der Waals surface area contributed by atoms with Gasteiger partial charge in [0.2, 0.25) is 5.76 Å². The lowest BCUT2D eigenvalue weighted by Gasteiger charge is -2.07. The minimum atomic E-state index is -0.473. The highest BCUT2D eigenvalue weighted by Crippen LogP contribution is 2.37. The molecule has 0 saturated carbocycles. The second kappa shape index (κ2) is 5.80. The van der Waals surface area contributed by atoms with Gasteiger partial charge in [-0.2, -0.15) is 0 Å². The van der Waals surface area contributed by atoms with Gasteiger partial charge in [0.25, 0.3) is 0 Å². The summed E-state index contributed by atoms with van der Waals surface area (Å²) in [6.45, 7) is 3.79. The molecule has 3 heterocycles. The van der Waals surface area contributed by atoms with Crippen LogP contribution in [0.5, 0.6) is 0 Å². The van der Waals surface area contributed by atoms with Crippen molar-refractivity contribution in [3.8, 4) is 0 Å². The van der Waals surface area contributed by atoms with Crippen LogP contribution >= 0.6 is 11.8 Å². The Kier molecular flexibility index (Phi) is 3.84. The summed E-state index contributed by atoms with van der Waals surface area (Å²) in [6, 6.07) is 1.84. The zero-order valence-corrected chi connectivity index (χ0v) is 13.1. The highest BCUT2D eigenvalue weighted by Gasteiger charge is 2.21. The molecule has 3 rings (SSSR count). The van der Waals surface area contributed by atoms with Crippen LogP contribution in [0, 0.1) is 6.92 Å². The molecule has 0 bridgehead atoms. The van der Waals surface area contributed by atoms with Crippen LogP contribution in [0.25, 0.3) is 11.2 Å². The Balaban J connectivity index is 1.87. The number of hydrogen-bond donors (Lipinski definition) is 1. The first-order valence-corrected chi connectivity index (χ1v) is 7.47. The summed E-state index contributed by atoms with van der Waals surface area (Å²) in [7, 11) is 1.33. The van der Waals surface area contributed by atoms with Crippen LogP contribution in [0.3, 0.4) is 0 Å². The second-order valence-corrected chi connectivity index (χ2v) is 6.02. The number of fused-ring (bicyclic) bond motifs is 1. The molecule has 0 aliphatic rings. The number of carbonyl (C=O) groups excluding carboxylic acids is 1. The van der Waals surface area contributed by atoms with Crippen molar-refractivity contribution < 1.29 is 13.9 Å². The third-order valence-electron chi connectivity index (χ3n) is 3.18. The number of hydrogen-bond acceptors (Lipinski definition) is 7. The van der Waals surface area contributed by atoms with Crippen LogP contribution in [-0.2, 0) is 4.74 Å². The number of rotatable bonds is 4. The average Bonchev–Trinajstić information content (AvgIpc) is 3.13. The van der Waals surface area contributed by atoms with Crippen LogP contribution in [0.15, 0.2) is 28.2 Å². The summed E-state index contributed by atoms with van der Waals surface area (Å²) in [6.07, 6.45) is 3.06. The van der Waals surface area contributed by atoms with Crippen molar-refractivity contribution >= 4 is 28.9 Å². The van der Waals surface area contributed by atoms with Gasteiger partial charge in [-0.15, -0.1) is 0 Å². The number of aromatic amines is 1. The van der Waals surface area contributed by atoms with Crippen molar-refractivity contribution in [2.75, 3.05) is 7.11 Å². The van der Waals surface area contributed by atoms with E-state index in [2.05, 4.69) is 19.9 Å². The minimum absolute atomic E-state index is 0.0292. The van der Waals surface area contributed by atoms with E-state index >= 15 is 0 Å². The molecule has 0 aliphatic carbocycles. The number of thioether (sulfide) groups is 1. The molecule has 7 nitrogen and oxygen atoms in total. The van der Waals surface area contributed by atoms with E-state index in [0.717, 1.165) is 16.1 Å². The summed E-state index contributed by atoms with van der Waals surface area (Å²) in [5, 5.41) is 0.752. The maximum Gasteiger partial charge on any atom is 0.374 e. The molecule has 1 unspecified atom stereocenters. The smallest absolute Gasteiger partial charge is 0.374 e. The van der Waals surface area contributed by atoms with Crippen molar-refractivity contribution in [3.63, 3.8) is 0 Å². The third-order valence-corrected chi connectivity index (χ3v) is 4.30. The zero-order chi connectivity index (χ0) is 15.7. The van der Waals surface area contributed by atoms with Crippen LogP contribution in [0.2, 0.25) is 0 Å². The first-order valence-electron chi connectivity index (χ1n) is 6.59. The lowest BCUT2D eigenvalue weighted by Crippen LogP contribution is -2.00. The van der Waals surface area contributed by atoms with Crippen LogP contribution in [0.4, 0.5) is 0 Å². The predicted octanol–water partition coefficient (Wildman–Crippen LogP) is 2.89. The predicted molar refractivity (Wildman–Crippen MR) is 80.7 cm³/mol. The molecular weight excluding hydrogens is 304 g/mol. The second-order valence-electron chi connectivity index (χ2n) is 4.69. The van der Waals surface area contributed by atoms with Gasteiger partial charge in [0.05, 0.1) is 18.7 Å². The molecule has 0 fully saturated rings. The Morgan fingerprint density at radius 1 is 1.41 bits per heavy atom. The van der Waals surface area contributed by atoms with E-state index in [1.807, 2.05) is 19.9 Å². The van der Waals surface area contributed by atoms with Gasteiger partial charge in [0.15, 0.2) is 5.65 Å². The Morgan fingerprint density at radius 2 is 2.23 bits per heavy atom. The number of carbonyl (C=O) groups is 1. The van der Waals surface area contributed by atoms with Gasteiger partial charge in [-0.05, 0) is 19.9 Å². The maximum atomic E-state index is 11.6. The average molecular weight is 318 g/mol. The molecule has 0 radical (unpaired) electrons. The Bertz CT molecular complexity index is 826. The van der Waals surface area contributed by atoms with E-state index in [1.165, 1.54) is 25.2 Å². The number of ether oxygens (including phenoxy) is 1. The minimum Gasteiger partial charge on any atom is -0.463 e. The first kappa shape index (κ1) is 14.6. The van der Waals surface area contributed by atoms with Gasteiger partial charge in [0.1, 0.15) is 22.6 Å². The molecule has 1 atom stereocenters. The molecule has 0 amide bonds. The Morgan fingerprint density at radius 3 is 3.00 bits per heavy atom. The molecule has 0 aliphatic heterocycles. The standard InChI is InChI=1S/C14H14N4O3S/c1-7-4-9(21-11(7)14(19)20-3)8(2)22-13-10-12(16-5-15-10)17-6-18-13/h4-6,8H,1-3H3,(H,15,16,17,18). The van der Waals surface area contributed by atoms with Gasteiger partial charge >= 0.3 is 5.97 Å². The van der Waals surface area contributed by atoms with Gasteiger partial charge in [-0.3, -0.25) is 0 Å². The summed E-state index contributed by atoms with van der Waals surface area (Å²) >= 11 is 1.50. The van der Waals surface area contributed by atoms with Crippen LogP contribution in [-0.4, -0.2) is 33.0 Å². The van der Waals surface area contributed by atoms with Gasteiger partial charge in [0, 0.05) is 5.56 Å². The van der Waals surface area contributed by atoms with E-state index in [-0.39, 0.29) is 11.0 Å². The monoisotopic (exact) mass is 318 g/mol. The van der Waals surface area contributed by atoms with Gasteiger partial charge < -0.3 is 14.1 Å². The number of aryl methyl sites for hydroxylation is 1. The molecule has 114 valence electrons. The highest BCUT2D eigenvalue weighted by molar-refractivity contribution is 7.99. The molecule has 0 saturated heterocycles. The summed E-state index contributed by atoms with van der Waals surface area (Å²) in [5.74, 6) is 0.451. The van der Waals surface area contributed by atoms with Crippen LogP contribution < -0.4 is 0 Å². The van der Waals surface area contributed by atoms with Crippen molar-refractivity contribution in [1.82, 2.24) is 19.9 Å². The van der Waals surface area contributed by atoms with Crippen molar-refractivity contribution in [2.45, 2.75) is 24.1 Å². The SMILES string of the molecule is COC(=O)c1oc(C(C)Sc2ncnc3nc[nH]c23)cc1C. The molecule has 1 N–H and O–H groups in total. The van der Waals surface area contributed by atoms with Crippen molar-refractivity contribution in [3.05, 3.63) is 35.8 Å². The number of imidazole rings is 1. The topological polar surface area (TPSA) is 93.9 Å². The maximum absolute atomic E-state index is 11.6. The molecule has 3 aromatic heterocycles. The summed E-state index contributed by atoms with van der Waals surface area (Å²) in [5.41, 5.74) is 2.16. The normalized spacial score (nSPS) is 12.5. The lowest BCUT2D eigenvalue weighted by atomic mass is 10.2. The number of H-pyrrole nitrogens is 1. The fourth-order valence-electron chi connectivity index (χ4n) is 2.06. The summed E-state index contributed by atoms with van der Waals surface area (Å²) in [4.78, 5) is 27.1. The van der Waals surface area contributed by atoms with E-state index in [0.29, 0.717) is 11.4 Å². The molecule has 0 aromatic carbocycles. The van der Waals surface area contributed by atoms with Crippen molar-refractivity contribution in [1.29, 1.82) is 0 Å². The van der Waals surface area contributed by atoms with Crippen molar-refractivity contribution in [2.24, 2.45) is 0 Å². The number of esters is 1. The molecule has 3 aromatic rings. The van der Waals surface area contributed by atoms with Crippen LogP contribution in [0.1, 0.15) is 34.1 Å². The quantitative estimate of drug-likeness (QED) is 0.449.